The Morgan fingerprint density at radius 3 is 1.15 bits per heavy atom. The molecule has 1 aliphatic heterocycles. The standard InChI is InChI=1S/C62H41N5/c1-5-17-41(18-6-1)49-25-15-27-51(39-49)61-65-60(66-62(67-61)52-28-16-26-50(40-52)42-19-7-2-8-20-42)48-37-33-44(34-38-48)43-31-35-47(36-32-43)59-63-57(46-23-11-4-12-24-46)56-55(45-21-9-3-10-22-45)53-29-13-14-30-54(53)58(56)64-59/h1-40,56H. The number of rotatable bonds is 9. The van der Waals surface area contributed by atoms with Gasteiger partial charge in [0.2, 0.25) is 0 Å². The third-order valence-corrected chi connectivity index (χ3v) is 12.6. The molecule has 0 spiro atoms. The van der Waals surface area contributed by atoms with E-state index in [0.717, 1.165) is 77.8 Å². The number of benzene rings is 9. The van der Waals surface area contributed by atoms with E-state index in [4.69, 9.17) is 24.9 Å². The van der Waals surface area contributed by atoms with Gasteiger partial charge in [-0.05, 0) is 67.4 Å². The number of aromatic nitrogens is 3. The van der Waals surface area contributed by atoms with E-state index in [0.29, 0.717) is 23.3 Å². The first kappa shape index (κ1) is 39.6. The minimum atomic E-state index is -0.0841. The van der Waals surface area contributed by atoms with Crippen molar-refractivity contribution < 1.29 is 0 Å². The first-order valence-corrected chi connectivity index (χ1v) is 22.6. The van der Waals surface area contributed by atoms with Crippen molar-refractivity contribution in [2.24, 2.45) is 15.9 Å². The molecule has 1 atom stereocenters. The lowest BCUT2D eigenvalue weighted by molar-refractivity contribution is 1.07. The number of hydrogen-bond donors (Lipinski definition) is 0. The molecule has 2 aliphatic rings. The maximum Gasteiger partial charge on any atom is 0.164 e. The lowest BCUT2D eigenvalue weighted by Gasteiger charge is -2.25. The van der Waals surface area contributed by atoms with Crippen LogP contribution in [0, 0.1) is 5.92 Å². The Kier molecular flexibility index (Phi) is 10.2. The maximum atomic E-state index is 5.38. The summed E-state index contributed by atoms with van der Waals surface area (Å²) in [6.07, 6.45) is 0. The van der Waals surface area contributed by atoms with Gasteiger partial charge in [0.05, 0.1) is 17.3 Å². The predicted molar refractivity (Wildman–Crippen MR) is 274 cm³/mol. The highest BCUT2D eigenvalue weighted by Crippen LogP contribution is 2.38. The van der Waals surface area contributed by atoms with Crippen LogP contribution < -0.4 is 10.4 Å². The molecule has 1 unspecified atom stereocenters. The second-order valence-electron chi connectivity index (χ2n) is 16.8. The van der Waals surface area contributed by atoms with Gasteiger partial charge in [-0.1, -0.05) is 231 Å². The van der Waals surface area contributed by atoms with E-state index < -0.39 is 0 Å². The van der Waals surface area contributed by atoms with E-state index in [1.54, 1.807) is 0 Å². The summed E-state index contributed by atoms with van der Waals surface area (Å²) in [7, 11) is 0. The van der Waals surface area contributed by atoms with Gasteiger partial charge in [-0.25, -0.2) is 24.9 Å². The first-order chi connectivity index (χ1) is 33.2. The molecule has 0 bridgehead atoms. The lowest BCUT2D eigenvalue weighted by Crippen LogP contribution is -2.25. The van der Waals surface area contributed by atoms with E-state index in [1.165, 1.54) is 16.4 Å². The maximum absolute atomic E-state index is 5.38. The molecule has 0 saturated heterocycles. The molecule has 0 amide bonds. The zero-order chi connectivity index (χ0) is 44.5. The van der Waals surface area contributed by atoms with Gasteiger partial charge in [-0.2, -0.15) is 0 Å². The fraction of sp³-hybridized carbons (Fsp3) is 0.0161. The quantitative estimate of drug-likeness (QED) is 0.145. The van der Waals surface area contributed by atoms with Crippen LogP contribution in [0.4, 0.5) is 0 Å². The highest BCUT2D eigenvalue weighted by atomic mass is 15.0. The topological polar surface area (TPSA) is 63.4 Å². The van der Waals surface area contributed by atoms with Gasteiger partial charge in [0.15, 0.2) is 23.3 Å². The molecule has 0 N–H and O–H groups in total. The summed E-state index contributed by atoms with van der Waals surface area (Å²) in [5.74, 6) is 2.47. The Balaban J connectivity index is 0.895. The minimum Gasteiger partial charge on any atom is -0.231 e. The van der Waals surface area contributed by atoms with Crippen LogP contribution in [0.2, 0.25) is 0 Å². The average molecular weight is 856 g/mol. The lowest BCUT2D eigenvalue weighted by atomic mass is 9.84. The Hall–Kier alpha value is -8.93. The van der Waals surface area contributed by atoms with Crippen LogP contribution >= 0.6 is 0 Å². The second kappa shape index (κ2) is 17.2. The molecule has 1 aliphatic carbocycles. The van der Waals surface area contributed by atoms with Crippen molar-refractivity contribution in [3.8, 4) is 67.5 Å². The number of aliphatic imine (C=N–C) groups is 2. The van der Waals surface area contributed by atoms with Crippen LogP contribution in [0.1, 0.15) is 16.7 Å². The van der Waals surface area contributed by atoms with Crippen molar-refractivity contribution in [3.05, 3.63) is 270 Å². The fourth-order valence-electron chi connectivity index (χ4n) is 9.33. The second-order valence-corrected chi connectivity index (χ2v) is 16.8. The monoisotopic (exact) mass is 855 g/mol. The van der Waals surface area contributed by atoms with Gasteiger partial charge >= 0.3 is 0 Å². The molecule has 0 saturated carbocycles. The van der Waals surface area contributed by atoms with E-state index in [2.05, 4.69) is 231 Å². The summed E-state index contributed by atoms with van der Waals surface area (Å²) in [4.78, 5) is 26.1. The average Bonchev–Trinajstić information content (AvgIpc) is 3.76. The molecule has 5 nitrogen and oxygen atoms in total. The van der Waals surface area contributed by atoms with E-state index in [9.17, 15) is 0 Å². The molecule has 9 aromatic carbocycles. The van der Waals surface area contributed by atoms with Gasteiger partial charge < -0.3 is 0 Å². The Bertz CT molecular complexity index is 3540. The molecule has 0 radical (unpaired) electrons. The summed E-state index contributed by atoms with van der Waals surface area (Å²) in [6.45, 7) is 0. The van der Waals surface area contributed by atoms with Crippen molar-refractivity contribution in [3.63, 3.8) is 0 Å². The van der Waals surface area contributed by atoms with Crippen LogP contribution in [0.5, 0.6) is 0 Å². The van der Waals surface area contributed by atoms with Crippen molar-refractivity contribution in [1.82, 2.24) is 15.0 Å². The highest BCUT2D eigenvalue weighted by molar-refractivity contribution is 6.23. The summed E-state index contributed by atoms with van der Waals surface area (Å²) >= 11 is 0. The number of hydrogen-bond acceptors (Lipinski definition) is 5. The zero-order valence-corrected chi connectivity index (χ0v) is 36.4. The molecule has 12 rings (SSSR count). The highest BCUT2D eigenvalue weighted by Gasteiger charge is 2.35. The van der Waals surface area contributed by atoms with Crippen LogP contribution in [-0.2, 0) is 0 Å². The molecule has 2 heterocycles. The van der Waals surface area contributed by atoms with Crippen LogP contribution in [0.25, 0.3) is 78.8 Å². The fourth-order valence-corrected chi connectivity index (χ4v) is 9.33. The van der Waals surface area contributed by atoms with E-state index >= 15 is 0 Å². The Morgan fingerprint density at radius 2 is 0.627 bits per heavy atom. The molecular formula is C62H41N5. The van der Waals surface area contributed by atoms with Crippen molar-refractivity contribution in [1.29, 1.82) is 0 Å². The largest absolute Gasteiger partial charge is 0.231 e. The van der Waals surface area contributed by atoms with E-state index in [1.807, 2.05) is 12.1 Å². The zero-order valence-electron chi connectivity index (χ0n) is 36.4. The van der Waals surface area contributed by atoms with Crippen LogP contribution in [0.15, 0.2) is 253 Å². The molecule has 5 heteroatoms. The van der Waals surface area contributed by atoms with Crippen molar-refractivity contribution in [2.75, 3.05) is 0 Å². The molecule has 0 fully saturated rings. The Labute approximate surface area is 389 Å². The van der Waals surface area contributed by atoms with Gasteiger partial charge in [0, 0.05) is 27.5 Å². The predicted octanol–water partition coefficient (Wildman–Crippen LogP) is 12.8. The third kappa shape index (κ3) is 7.69. The van der Waals surface area contributed by atoms with E-state index in [-0.39, 0.29) is 5.92 Å². The third-order valence-electron chi connectivity index (χ3n) is 12.6. The molecule has 314 valence electrons. The van der Waals surface area contributed by atoms with Crippen LogP contribution in [0.3, 0.4) is 0 Å². The smallest absolute Gasteiger partial charge is 0.164 e. The summed E-state index contributed by atoms with van der Waals surface area (Å²) in [5, 5.41) is 2.36. The van der Waals surface area contributed by atoms with Gasteiger partial charge in [-0.15, -0.1) is 0 Å². The first-order valence-electron chi connectivity index (χ1n) is 22.6. The van der Waals surface area contributed by atoms with Crippen molar-refractivity contribution in [2.45, 2.75) is 0 Å². The molecular weight excluding hydrogens is 815 g/mol. The molecule has 10 aromatic rings. The summed E-state index contributed by atoms with van der Waals surface area (Å²) < 4.78 is 0. The number of nitrogens with zero attached hydrogens (tertiary/aromatic N) is 5. The van der Waals surface area contributed by atoms with Gasteiger partial charge in [0.1, 0.15) is 0 Å². The van der Waals surface area contributed by atoms with Gasteiger partial charge in [0.25, 0.3) is 0 Å². The van der Waals surface area contributed by atoms with Crippen LogP contribution in [-0.4, -0.2) is 26.5 Å². The number of fused-ring (bicyclic) bond motifs is 2. The number of amidine groups is 1. The summed E-state index contributed by atoms with van der Waals surface area (Å²) in [6, 6.07) is 84.5. The summed E-state index contributed by atoms with van der Waals surface area (Å²) in [5.41, 5.74) is 15.9. The minimum absolute atomic E-state index is 0.0841. The molecule has 67 heavy (non-hydrogen) atoms. The molecule has 1 aromatic heterocycles. The van der Waals surface area contributed by atoms with Crippen molar-refractivity contribution >= 4 is 22.8 Å². The normalized spacial score (nSPS) is 13.9. The van der Waals surface area contributed by atoms with Gasteiger partial charge in [-0.3, -0.25) is 0 Å². The SMILES string of the molecule is c1ccc(C2=NC(c3ccc(-c4ccc(-c5nc(-c6cccc(-c7ccccc7)c6)nc(-c6cccc(-c7ccccc7)c6)n5)cc4)cc3)=NC3=c4ccccc4=C(c4ccccc4)C23)cc1. The Morgan fingerprint density at radius 1 is 0.254 bits per heavy atom.